The van der Waals surface area contributed by atoms with Crippen LogP contribution in [-0.4, -0.2) is 8.07 Å². The summed E-state index contributed by atoms with van der Waals surface area (Å²) in [6, 6.07) is 46.1. The molecule has 0 atom stereocenters. The van der Waals surface area contributed by atoms with Crippen molar-refractivity contribution in [1.82, 2.24) is 0 Å². The van der Waals surface area contributed by atoms with Gasteiger partial charge in [-0.1, -0.05) is 104 Å². The lowest BCUT2D eigenvalue weighted by molar-refractivity contribution is 1.28. The van der Waals surface area contributed by atoms with E-state index < -0.39 is 8.07 Å². The standard InChI is InChI=1S/C32H27NSSi/c1-35(2)31-16-10-9-15-29(31)34-30-22-19-25(23-32(30)35)24-17-20-28(21-18-24)33(26-11-5-3-6-12-26)27-13-7-4-8-14-27/h3-23H,1-2H3. The average molecular weight is 486 g/mol. The highest BCUT2D eigenvalue weighted by Crippen LogP contribution is 2.37. The first-order valence-electron chi connectivity index (χ1n) is 12.0. The van der Waals surface area contributed by atoms with Gasteiger partial charge in [0, 0.05) is 26.9 Å². The van der Waals surface area contributed by atoms with E-state index in [4.69, 9.17) is 0 Å². The highest BCUT2D eigenvalue weighted by atomic mass is 32.2. The molecule has 5 aromatic carbocycles. The van der Waals surface area contributed by atoms with Crippen molar-refractivity contribution in [3.8, 4) is 11.1 Å². The number of fused-ring (bicyclic) bond motifs is 2. The fourth-order valence-corrected chi connectivity index (χ4v) is 10.4. The monoisotopic (exact) mass is 485 g/mol. The molecular formula is C32H27NSSi. The Morgan fingerprint density at radius 1 is 0.486 bits per heavy atom. The van der Waals surface area contributed by atoms with Crippen molar-refractivity contribution in [2.24, 2.45) is 0 Å². The Hall–Kier alpha value is -3.53. The lowest BCUT2D eigenvalue weighted by Crippen LogP contribution is -2.56. The maximum Gasteiger partial charge on any atom is 0.115 e. The first-order valence-corrected chi connectivity index (χ1v) is 15.9. The molecule has 0 unspecified atom stereocenters. The van der Waals surface area contributed by atoms with E-state index in [1.54, 1.807) is 5.19 Å². The van der Waals surface area contributed by atoms with Crippen molar-refractivity contribution in [3.05, 3.63) is 127 Å². The number of hydrogen-bond donors (Lipinski definition) is 0. The predicted octanol–water partition coefficient (Wildman–Crippen LogP) is 8.11. The van der Waals surface area contributed by atoms with E-state index in [1.165, 1.54) is 26.1 Å². The largest absolute Gasteiger partial charge is 0.311 e. The molecule has 1 aliphatic rings. The van der Waals surface area contributed by atoms with Crippen LogP contribution >= 0.6 is 11.8 Å². The van der Waals surface area contributed by atoms with E-state index in [1.807, 2.05) is 11.8 Å². The quantitative estimate of drug-likeness (QED) is 0.237. The number of anilines is 3. The van der Waals surface area contributed by atoms with Crippen molar-refractivity contribution in [1.29, 1.82) is 0 Å². The Labute approximate surface area is 213 Å². The smallest absolute Gasteiger partial charge is 0.115 e. The molecule has 3 heteroatoms. The minimum Gasteiger partial charge on any atom is -0.311 e. The van der Waals surface area contributed by atoms with Gasteiger partial charge in [-0.3, -0.25) is 0 Å². The van der Waals surface area contributed by atoms with E-state index in [-0.39, 0.29) is 0 Å². The van der Waals surface area contributed by atoms with Crippen LogP contribution in [0.15, 0.2) is 137 Å². The molecule has 0 saturated carbocycles. The molecule has 0 aliphatic carbocycles. The Bertz CT molecular complexity index is 1440. The maximum atomic E-state index is 2.48. The second-order valence-electron chi connectivity index (χ2n) is 9.49. The summed E-state index contributed by atoms with van der Waals surface area (Å²) >= 11 is 1.92. The normalized spacial score (nSPS) is 13.5. The second-order valence-corrected chi connectivity index (χ2v) is 14.9. The minimum atomic E-state index is -1.74. The number of nitrogens with zero attached hydrogens (tertiary/aromatic N) is 1. The molecule has 5 aromatic rings. The maximum absolute atomic E-state index is 2.48. The van der Waals surface area contributed by atoms with E-state index in [9.17, 15) is 0 Å². The zero-order chi connectivity index (χ0) is 23.8. The molecule has 6 rings (SSSR count). The van der Waals surface area contributed by atoms with E-state index in [2.05, 4.69) is 145 Å². The zero-order valence-corrected chi connectivity index (χ0v) is 21.8. The molecule has 35 heavy (non-hydrogen) atoms. The van der Waals surface area contributed by atoms with Gasteiger partial charge in [-0.05, 0) is 70.0 Å². The summed E-state index contributed by atoms with van der Waals surface area (Å²) in [5, 5.41) is 3.09. The average Bonchev–Trinajstić information content (AvgIpc) is 2.91. The second kappa shape index (κ2) is 8.92. The van der Waals surface area contributed by atoms with Crippen LogP contribution in [0.1, 0.15) is 0 Å². The molecule has 0 saturated heterocycles. The molecule has 1 aliphatic heterocycles. The van der Waals surface area contributed by atoms with Gasteiger partial charge < -0.3 is 4.90 Å². The van der Waals surface area contributed by atoms with Crippen molar-refractivity contribution >= 4 is 47.3 Å². The van der Waals surface area contributed by atoms with Crippen LogP contribution in [0.5, 0.6) is 0 Å². The van der Waals surface area contributed by atoms with Crippen LogP contribution in [0, 0.1) is 0 Å². The summed E-state index contributed by atoms with van der Waals surface area (Å²) in [7, 11) is -1.74. The first kappa shape index (κ1) is 22.0. The number of hydrogen-bond acceptors (Lipinski definition) is 2. The van der Waals surface area contributed by atoms with E-state index >= 15 is 0 Å². The third kappa shape index (κ3) is 4.01. The summed E-state index contributed by atoms with van der Waals surface area (Å²) in [6.07, 6.45) is 0. The Kier molecular flexibility index (Phi) is 5.60. The summed E-state index contributed by atoms with van der Waals surface area (Å²) in [5.41, 5.74) is 6.02. The topological polar surface area (TPSA) is 3.24 Å². The van der Waals surface area contributed by atoms with Gasteiger partial charge in [0.25, 0.3) is 0 Å². The fourth-order valence-electron chi connectivity index (χ4n) is 5.03. The van der Waals surface area contributed by atoms with Crippen LogP contribution in [0.25, 0.3) is 11.1 Å². The lowest BCUT2D eigenvalue weighted by atomic mass is 10.0. The van der Waals surface area contributed by atoms with Crippen LogP contribution < -0.4 is 15.3 Å². The lowest BCUT2D eigenvalue weighted by Gasteiger charge is -2.33. The summed E-state index contributed by atoms with van der Waals surface area (Å²) in [4.78, 5) is 5.15. The third-order valence-corrected chi connectivity index (χ3v) is 12.0. The minimum absolute atomic E-state index is 1.16. The van der Waals surface area contributed by atoms with Gasteiger partial charge in [0.05, 0.1) is 0 Å². The van der Waals surface area contributed by atoms with Gasteiger partial charge in [0.2, 0.25) is 0 Å². The van der Waals surface area contributed by atoms with Crippen molar-refractivity contribution in [2.45, 2.75) is 22.9 Å². The third-order valence-electron chi connectivity index (χ3n) is 6.92. The highest BCUT2D eigenvalue weighted by molar-refractivity contribution is 8.00. The number of benzene rings is 5. The molecule has 0 fully saturated rings. The Morgan fingerprint density at radius 3 is 1.66 bits per heavy atom. The van der Waals surface area contributed by atoms with Crippen LogP contribution in [0.3, 0.4) is 0 Å². The van der Waals surface area contributed by atoms with E-state index in [0.717, 1.165) is 17.1 Å². The van der Waals surface area contributed by atoms with Gasteiger partial charge in [0.1, 0.15) is 8.07 Å². The van der Waals surface area contributed by atoms with Crippen LogP contribution in [0.2, 0.25) is 13.1 Å². The Morgan fingerprint density at radius 2 is 1.00 bits per heavy atom. The summed E-state index contributed by atoms with van der Waals surface area (Å²) < 4.78 is 0. The van der Waals surface area contributed by atoms with Gasteiger partial charge in [-0.25, -0.2) is 0 Å². The van der Waals surface area contributed by atoms with Crippen molar-refractivity contribution < 1.29 is 0 Å². The summed E-state index contributed by atoms with van der Waals surface area (Å²) in [6.45, 7) is 4.96. The molecule has 0 amide bonds. The van der Waals surface area contributed by atoms with Crippen LogP contribution in [0.4, 0.5) is 17.1 Å². The molecule has 0 aromatic heterocycles. The first-order chi connectivity index (χ1) is 17.1. The molecule has 0 spiro atoms. The number of rotatable bonds is 4. The summed E-state index contributed by atoms with van der Waals surface area (Å²) in [5.74, 6) is 0. The Balaban J connectivity index is 1.37. The zero-order valence-electron chi connectivity index (χ0n) is 20.0. The molecule has 1 heterocycles. The fraction of sp³-hybridized carbons (Fsp3) is 0.0625. The number of para-hydroxylation sites is 2. The molecular weight excluding hydrogens is 459 g/mol. The van der Waals surface area contributed by atoms with Crippen molar-refractivity contribution in [2.75, 3.05) is 4.90 Å². The highest BCUT2D eigenvalue weighted by Gasteiger charge is 2.35. The van der Waals surface area contributed by atoms with Crippen molar-refractivity contribution in [3.63, 3.8) is 0 Å². The van der Waals surface area contributed by atoms with Gasteiger partial charge in [-0.15, -0.1) is 0 Å². The van der Waals surface area contributed by atoms with Gasteiger partial charge in [-0.2, -0.15) is 0 Å². The molecule has 1 nitrogen and oxygen atoms in total. The van der Waals surface area contributed by atoms with E-state index in [0.29, 0.717) is 0 Å². The van der Waals surface area contributed by atoms with Gasteiger partial charge >= 0.3 is 0 Å². The predicted molar refractivity (Wildman–Crippen MR) is 154 cm³/mol. The molecule has 170 valence electrons. The SMILES string of the molecule is C[Si]1(C)c2ccccc2Sc2ccc(-c3ccc(N(c4ccccc4)c4ccccc4)cc3)cc21. The molecule has 0 radical (unpaired) electrons. The van der Waals surface area contributed by atoms with Gasteiger partial charge in [0.15, 0.2) is 0 Å². The van der Waals surface area contributed by atoms with Crippen LogP contribution in [-0.2, 0) is 0 Å². The molecule has 0 bridgehead atoms. The molecule has 0 N–H and O–H groups in total.